The van der Waals surface area contributed by atoms with E-state index in [2.05, 4.69) is 255 Å². The van der Waals surface area contributed by atoms with E-state index in [0.717, 1.165) is 29.8 Å². The Kier molecular flexibility index (Phi) is 10.5. The number of nitrogens with zero attached hydrogens (tertiary/aromatic N) is 1. The predicted molar refractivity (Wildman–Crippen MR) is 295 cm³/mol. The minimum Gasteiger partial charge on any atom is -0.355 e. The second-order valence-electron chi connectivity index (χ2n) is 23.6. The average Bonchev–Trinajstić information content (AvgIpc) is 3.58. The van der Waals surface area contributed by atoms with Gasteiger partial charge in [-0.3, -0.25) is 0 Å². The van der Waals surface area contributed by atoms with Gasteiger partial charge in [0, 0.05) is 33.7 Å². The first-order chi connectivity index (χ1) is 32.9. The summed E-state index contributed by atoms with van der Waals surface area (Å²) in [6.07, 6.45) is 4.69. The van der Waals surface area contributed by atoms with Crippen molar-refractivity contribution in [2.75, 3.05) is 10.2 Å². The number of hydrogen-bond acceptors (Lipinski definition) is 2. The van der Waals surface area contributed by atoms with Gasteiger partial charge in [0.1, 0.15) is 0 Å². The molecule has 346 valence electrons. The van der Waals surface area contributed by atoms with Gasteiger partial charge in [0.05, 0.1) is 5.69 Å². The molecule has 0 amide bonds. The lowest BCUT2D eigenvalue weighted by Crippen LogP contribution is -2.34. The number of rotatable bonds is 8. The molecule has 0 heterocycles. The maximum absolute atomic E-state index is 3.93. The fourth-order valence-corrected chi connectivity index (χ4v) is 12.3. The molecule has 0 saturated carbocycles. The van der Waals surface area contributed by atoms with Crippen molar-refractivity contribution in [2.24, 2.45) is 0 Å². The predicted octanol–water partition coefficient (Wildman–Crippen LogP) is 18.9. The van der Waals surface area contributed by atoms with Crippen molar-refractivity contribution >= 4 is 28.4 Å². The van der Waals surface area contributed by atoms with Crippen LogP contribution in [0.2, 0.25) is 0 Å². The molecule has 0 aliphatic heterocycles. The molecule has 2 heteroatoms. The molecule has 0 aromatic heterocycles. The minimum absolute atomic E-state index is 0.0471. The summed E-state index contributed by atoms with van der Waals surface area (Å²) in [5.41, 5.74) is 24.2. The Morgan fingerprint density at radius 3 is 1.38 bits per heavy atom. The molecule has 0 spiro atoms. The van der Waals surface area contributed by atoms with Crippen LogP contribution in [-0.4, -0.2) is 0 Å². The standard InChI is InChI=1S/C67H68N2/c1-63(2)35-37-65(5,6)58-42-50(30-32-56(58)63)69(51-31-33-57-59(43-51)66(7,8)38-36-64(57,3)4)61-41-48(40-54-52-23-17-18-24-55(52)67(9,10)62(54)61)53-39-47(45-21-15-12-16-22-45)27-34-60(53)68-49-28-25-46(26-29-49)44-19-13-11-14-20-44/h11-34,39-43,68H,35-38H2,1-10H3. The van der Waals surface area contributed by atoms with E-state index in [1.165, 1.54) is 102 Å². The molecule has 8 aromatic rings. The number of anilines is 5. The van der Waals surface area contributed by atoms with Crippen LogP contribution in [0.4, 0.5) is 28.4 Å². The largest absolute Gasteiger partial charge is 0.355 e. The van der Waals surface area contributed by atoms with Crippen molar-refractivity contribution in [1.29, 1.82) is 0 Å². The third kappa shape index (κ3) is 7.72. The van der Waals surface area contributed by atoms with Gasteiger partial charge in [-0.25, -0.2) is 0 Å². The Morgan fingerprint density at radius 1 is 0.348 bits per heavy atom. The van der Waals surface area contributed by atoms with Crippen LogP contribution in [0, 0.1) is 0 Å². The molecule has 3 aliphatic carbocycles. The highest BCUT2D eigenvalue weighted by atomic mass is 15.1. The van der Waals surface area contributed by atoms with Crippen LogP contribution in [0.5, 0.6) is 0 Å². The summed E-state index contributed by atoms with van der Waals surface area (Å²) in [7, 11) is 0. The van der Waals surface area contributed by atoms with Crippen molar-refractivity contribution in [3.8, 4) is 44.5 Å². The molecule has 2 nitrogen and oxygen atoms in total. The van der Waals surface area contributed by atoms with Crippen LogP contribution < -0.4 is 10.2 Å². The number of nitrogens with one attached hydrogen (secondary N) is 1. The molecular formula is C67H68N2. The van der Waals surface area contributed by atoms with Crippen LogP contribution in [-0.2, 0) is 27.1 Å². The molecule has 0 unspecified atom stereocenters. The highest BCUT2D eigenvalue weighted by Crippen LogP contribution is 2.58. The zero-order chi connectivity index (χ0) is 48.1. The first kappa shape index (κ1) is 44.8. The van der Waals surface area contributed by atoms with Gasteiger partial charge in [0.15, 0.2) is 0 Å². The van der Waals surface area contributed by atoms with Crippen molar-refractivity contribution in [3.05, 3.63) is 209 Å². The van der Waals surface area contributed by atoms with Crippen LogP contribution in [0.1, 0.15) is 128 Å². The topological polar surface area (TPSA) is 15.3 Å². The molecule has 0 fully saturated rings. The highest BCUT2D eigenvalue weighted by Gasteiger charge is 2.42. The Balaban J connectivity index is 1.18. The van der Waals surface area contributed by atoms with E-state index in [9.17, 15) is 0 Å². The molecule has 11 rings (SSSR count). The second kappa shape index (κ2) is 16.2. The Hall–Kier alpha value is -6.64. The summed E-state index contributed by atoms with van der Waals surface area (Å²) >= 11 is 0. The van der Waals surface area contributed by atoms with Crippen LogP contribution in [0.3, 0.4) is 0 Å². The maximum atomic E-state index is 3.93. The Morgan fingerprint density at radius 2 is 0.812 bits per heavy atom. The summed E-state index contributed by atoms with van der Waals surface area (Å²) in [6.45, 7) is 24.5. The van der Waals surface area contributed by atoms with E-state index in [4.69, 9.17) is 0 Å². The van der Waals surface area contributed by atoms with Crippen molar-refractivity contribution in [3.63, 3.8) is 0 Å². The molecule has 3 aliphatic rings. The first-order valence-electron chi connectivity index (χ1n) is 25.4. The zero-order valence-corrected chi connectivity index (χ0v) is 42.5. The smallest absolute Gasteiger partial charge is 0.0514 e. The van der Waals surface area contributed by atoms with Crippen LogP contribution >= 0.6 is 0 Å². The van der Waals surface area contributed by atoms with E-state index >= 15 is 0 Å². The molecule has 8 aromatic carbocycles. The van der Waals surface area contributed by atoms with Crippen molar-refractivity contribution in [2.45, 2.75) is 122 Å². The van der Waals surface area contributed by atoms with E-state index in [0.29, 0.717) is 0 Å². The SMILES string of the molecule is CC1(C)CCC(C)(C)c2cc(N(c3ccc4c(c3)C(C)(C)CCC4(C)C)c3cc(-c4cc(-c5ccccc5)ccc4Nc4ccc(-c5ccccc5)cc4)cc4c3C(C)(C)c3ccccc3-4)ccc21. The molecular weight excluding hydrogens is 833 g/mol. The third-order valence-corrected chi connectivity index (χ3v) is 16.8. The number of hydrogen-bond donors (Lipinski definition) is 1. The van der Waals surface area contributed by atoms with Gasteiger partial charge in [-0.05, 0) is 180 Å². The van der Waals surface area contributed by atoms with Gasteiger partial charge in [0.25, 0.3) is 0 Å². The molecule has 1 N–H and O–H groups in total. The van der Waals surface area contributed by atoms with E-state index < -0.39 is 0 Å². The fraction of sp³-hybridized carbons (Fsp3) is 0.284. The molecule has 0 atom stereocenters. The van der Waals surface area contributed by atoms with Crippen molar-refractivity contribution < 1.29 is 0 Å². The van der Waals surface area contributed by atoms with Gasteiger partial charge in [-0.2, -0.15) is 0 Å². The van der Waals surface area contributed by atoms with Gasteiger partial charge in [-0.15, -0.1) is 0 Å². The Bertz CT molecular complexity index is 3180. The Labute approximate surface area is 412 Å². The van der Waals surface area contributed by atoms with Crippen LogP contribution in [0.25, 0.3) is 44.5 Å². The second-order valence-corrected chi connectivity index (χ2v) is 23.6. The third-order valence-electron chi connectivity index (χ3n) is 16.8. The summed E-state index contributed by atoms with van der Waals surface area (Å²) in [4.78, 5) is 2.66. The lowest BCUT2D eigenvalue weighted by atomic mass is 9.63. The lowest BCUT2D eigenvalue weighted by molar-refractivity contribution is 0.332. The van der Waals surface area contributed by atoms with Gasteiger partial charge in [0.2, 0.25) is 0 Å². The van der Waals surface area contributed by atoms with E-state index in [1.54, 1.807) is 0 Å². The zero-order valence-electron chi connectivity index (χ0n) is 42.5. The van der Waals surface area contributed by atoms with Gasteiger partial charge < -0.3 is 10.2 Å². The first-order valence-corrected chi connectivity index (χ1v) is 25.4. The van der Waals surface area contributed by atoms with Crippen molar-refractivity contribution in [1.82, 2.24) is 0 Å². The van der Waals surface area contributed by atoms with E-state index in [-0.39, 0.29) is 27.1 Å². The van der Waals surface area contributed by atoms with Gasteiger partial charge >= 0.3 is 0 Å². The normalized spacial score (nSPS) is 17.5. The summed E-state index contributed by atoms with van der Waals surface area (Å²) < 4.78 is 0. The number of benzene rings is 8. The van der Waals surface area contributed by atoms with Crippen LogP contribution in [0.15, 0.2) is 176 Å². The monoisotopic (exact) mass is 901 g/mol. The number of fused-ring (bicyclic) bond motifs is 5. The molecule has 0 saturated heterocycles. The van der Waals surface area contributed by atoms with Gasteiger partial charge in [-0.1, -0.05) is 184 Å². The molecule has 69 heavy (non-hydrogen) atoms. The van der Waals surface area contributed by atoms with E-state index in [1.807, 2.05) is 0 Å². The maximum Gasteiger partial charge on any atom is 0.0514 e. The fourth-order valence-electron chi connectivity index (χ4n) is 12.3. The summed E-state index contributed by atoms with van der Waals surface area (Å²) in [6, 6.07) is 66.4. The average molecular weight is 901 g/mol. The minimum atomic E-state index is -0.267. The molecule has 0 bridgehead atoms. The lowest BCUT2D eigenvalue weighted by Gasteiger charge is -2.44. The summed E-state index contributed by atoms with van der Waals surface area (Å²) in [5, 5.41) is 3.93. The quantitative estimate of drug-likeness (QED) is 0.163. The molecule has 0 radical (unpaired) electrons. The summed E-state index contributed by atoms with van der Waals surface area (Å²) in [5.74, 6) is 0. The highest BCUT2D eigenvalue weighted by molar-refractivity contribution is 5.97.